The zero-order chi connectivity index (χ0) is 13.5. The van der Waals surface area contributed by atoms with Crippen molar-refractivity contribution in [3.8, 4) is 0 Å². The zero-order valence-electron chi connectivity index (χ0n) is 11.6. The van der Waals surface area contributed by atoms with Gasteiger partial charge in [-0.05, 0) is 17.5 Å². The Morgan fingerprint density at radius 1 is 0.947 bits per heavy atom. The molecule has 0 spiro atoms. The first kappa shape index (κ1) is 14.4. The molecule has 0 bridgehead atoms. The third kappa shape index (κ3) is 3.72. The van der Waals surface area contributed by atoms with E-state index in [2.05, 4.69) is 47.2 Å². The van der Waals surface area contributed by atoms with Gasteiger partial charge in [-0.3, -0.25) is 0 Å². The van der Waals surface area contributed by atoms with Crippen LogP contribution in [0.4, 0.5) is 0 Å². The third-order valence-electron chi connectivity index (χ3n) is 3.01. The summed E-state index contributed by atoms with van der Waals surface area (Å²) in [4.78, 5) is 1.53. The van der Waals surface area contributed by atoms with Crippen LogP contribution in [0.25, 0.3) is 10.8 Å². The lowest BCUT2D eigenvalue weighted by atomic mass is 10.1. The Labute approximate surface area is 118 Å². The standard InChI is InChI=1S/C14H15OS.C2H6O/c1-2-6-13-12(4-1)5-3-7-14(13)16-10-8-15-9-11-16;1-3-2/h1-7H,8-11H2;1-2H3/q+1;. The van der Waals surface area contributed by atoms with Crippen LogP contribution in [0.2, 0.25) is 0 Å². The molecule has 0 aliphatic carbocycles. The number of hydrogen-bond acceptors (Lipinski definition) is 2. The van der Waals surface area contributed by atoms with E-state index < -0.39 is 0 Å². The second kappa shape index (κ2) is 7.53. The van der Waals surface area contributed by atoms with Crippen molar-refractivity contribution >= 4 is 21.7 Å². The summed E-state index contributed by atoms with van der Waals surface area (Å²) in [6, 6.07) is 15.4. The number of ether oxygens (including phenoxy) is 2. The lowest BCUT2D eigenvalue weighted by Gasteiger charge is -2.15. The topological polar surface area (TPSA) is 18.5 Å². The maximum atomic E-state index is 5.44. The molecule has 2 aromatic rings. The van der Waals surface area contributed by atoms with Crippen molar-refractivity contribution in [2.24, 2.45) is 0 Å². The van der Waals surface area contributed by atoms with E-state index in [1.807, 2.05) is 0 Å². The van der Waals surface area contributed by atoms with E-state index in [-0.39, 0.29) is 0 Å². The van der Waals surface area contributed by atoms with Crippen molar-refractivity contribution in [2.45, 2.75) is 4.90 Å². The summed E-state index contributed by atoms with van der Waals surface area (Å²) in [6.07, 6.45) is 0. The van der Waals surface area contributed by atoms with Gasteiger partial charge in [0.05, 0.1) is 13.2 Å². The highest BCUT2D eigenvalue weighted by molar-refractivity contribution is 7.97. The summed E-state index contributed by atoms with van der Waals surface area (Å²) < 4.78 is 9.69. The summed E-state index contributed by atoms with van der Waals surface area (Å²) in [6.45, 7) is 1.85. The SMILES string of the molecule is COC.c1ccc2c([S+]3CCOCC3)cccc2c1. The predicted molar refractivity (Wildman–Crippen MR) is 83.1 cm³/mol. The van der Waals surface area contributed by atoms with E-state index >= 15 is 0 Å². The van der Waals surface area contributed by atoms with E-state index in [0.717, 1.165) is 13.2 Å². The molecule has 19 heavy (non-hydrogen) atoms. The molecular weight excluding hydrogens is 256 g/mol. The van der Waals surface area contributed by atoms with Gasteiger partial charge < -0.3 is 9.47 Å². The molecule has 2 nitrogen and oxygen atoms in total. The number of fused-ring (bicyclic) bond motifs is 1. The lowest BCUT2D eigenvalue weighted by molar-refractivity contribution is 0.159. The second-order valence-electron chi connectivity index (χ2n) is 4.40. The van der Waals surface area contributed by atoms with Crippen LogP contribution >= 0.6 is 0 Å². The average molecular weight is 277 g/mol. The molecule has 0 saturated carbocycles. The Balaban J connectivity index is 0.000000408. The van der Waals surface area contributed by atoms with E-state index in [0.29, 0.717) is 10.9 Å². The summed E-state index contributed by atoms with van der Waals surface area (Å²) in [7, 11) is 3.64. The van der Waals surface area contributed by atoms with E-state index in [4.69, 9.17) is 4.74 Å². The van der Waals surface area contributed by atoms with Gasteiger partial charge in [-0.1, -0.05) is 30.3 Å². The van der Waals surface area contributed by atoms with Gasteiger partial charge >= 0.3 is 0 Å². The fourth-order valence-corrected chi connectivity index (χ4v) is 4.24. The number of methoxy groups -OCH3 is 1. The van der Waals surface area contributed by atoms with Crippen LogP contribution in [0.5, 0.6) is 0 Å². The zero-order valence-corrected chi connectivity index (χ0v) is 12.4. The monoisotopic (exact) mass is 277 g/mol. The minimum atomic E-state index is 0.392. The minimum absolute atomic E-state index is 0.392. The number of rotatable bonds is 1. The van der Waals surface area contributed by atoms with Gasteiger partial charge in [-0.15, -0.1) is 0 Å². The molecule has 1 aliphatic rings. The van der Waals surface area contributed by atoms with Gasteiger partial charge in [0.2, 0.25) is 0 Å². The Morgan fingerprint density at radius 2 is 1.58 bits per heavy atom. The Morgan fingerprint density at radius 3 is 2.32 bits per heavy atom. The third-order valence-corrected chi connectivity index (χ3v) is 5.31. The van der Waals surface area contributed by atoms with Crippen molar-refractivity contribution in [1.29, 1.82) is 0 Å². The molecule has 1 aliphatic heterocycles. The normalized spacial score (nSPS) is 15.9. The first-order chi connectivity index (χ1) is 9.36. The molecule has 0 N–H and O–H groups in total. The number of hydrogen-bond donors (Lipinski definition) is 0. The van der Waals surface area contributed by atoms with E-state index in [9.17, 15) is 0 Å². The molecule has 0 unspecified atom stereocenters. The first-order valence-corrected chi connectivity index (χ1v) is 8.06. The molecule has 0 atom stereocenters. The molecule has 0 radical (unpaired) electrons. The highest BCUT2D eigenvalue weighted by atomic mass is 32.2. The molecule has 0 aromatic heterocycles. The molecule has 0 amide bonds. The van der Waals surface area contributed by atoms with Crippen LogP contribution in [0.3, 0.4) is 0 Å². The van der Waals surface area contributed by atoms with Gasteiger partial charge in [0.15, 0.2) is 4.90 Å². The fourth-order valence-electron chi connectivity index (χ4n) is 2.19. The highest BCUT2D eigenvalue weighted by Gasteiger charge is 2.26. The minimum Gasteiger partial charge on any atom is -0.388 e. The van der Waals surface area contributed by atoms with Crippen LogP contribution in [0, 0.1) is 0 Å². The quantitative estimate of drug-likeness (QED) is 0.746. The summed E-state index contributed by atoms with van der Waals surface area (Å²) >= 11 is 0. The van der Waals surface area contributed by atoms with Crippen molar-refractivity contribution in [3.05, 3.63) is 42.5 Å². The van der Waals surface area contributed by atoms with Gasteiger partial charge in [0.1, 0.15) is 11.5 Å². The molecule has 102 valence electrons. The summed E-state index contributed by atoms with van der Waals surface area (Å²) in [5.41, 5.74) is 0. The van der Waals surface area contributed by atoms with Crippen molar-refractivity contribution in [2.75, 3.05) is 38.9 Å². The average Bonchev–Trinajstić information content (AvgIpc) is 2.48. The van der Waals surface area contributed by atoms with Crippen LogP contribution in [-0.4, -0.2) is 38.9 Å². The summed E-state index contributed by atoms with van der Waals surface area (Å²) in [5.74, 6) is 2.38. The Hall–Kier alpha value is -1.03. The molecule has 3 rings (SSSR count). The first-order valence-electron chi connectivity index (χ1n) is 6.50. The lowest BCUT2D eigenvalue weighted by Crippen LogP contribution is -2.26. The van der Waals surface area contributed by atoms with Gasteiger partial charge in [-0.2, -0.15) is 0 Å². The largest absolute Gasteiger partial charge is 0.388 e. The van der Waals surface area contributed by atoms with Crippen LogP contribution in [0.1, 0.15) is 0 Å². The predicted octanol–water partition coefficient (Wildman–Crippen LogP) is 3.11. The molecule has 3 heteroatoms. The van der Waals surface area contributed by atoms with Gasteiger partial charge in [0.25, 0.3) is 0 Å². The van der Waals surface area contributed by atoms with Crippen LogP contribution in [-0.2, 0) is 20.4 Å². The molecule has 1 heterocycles. The molecule has 1 saturated heterocycles. The Bertz CT molecular complexity index is 502. The van der Waals surface area contributed by atoms with Gasteiger partial charge in [0, 0.05) is 30.5 Å². The number of benzene rings is 2. The second-order valence-corrected chi connectivity index (χ2v) is 6.64. The van der Waals surface area contributed by atoms with Crippen molar-refractivity contribution in [1.82, 2.24) is 0 Å². The van der Waals surface area contributed by atoms with Crippen LogP contribution < -0.4 is 0 Å². The van der Waals surface area contributed by atoms with E-state index in [1.165, 1.54) is 27.2 Å². The highest BCUT2D eigenvalue weighted by Crippen LogP contribution is 2.26. The smallest absolute Gasteiger partial charge is 0.162 e. The maximum Gasteiger partial charge on any atom is 0.162 e. The van der Waals surface area contributed by atoms with Crippen molar-refractivity contribution in [3.63, 3.8) is 0 Å². The fraction of sp³-hybridized carbons (Fsp3) is 0.375. The Kier molecular flexibility index (Phi) is 5.70. The van der Waals surface area contributed by atoms with Gasteiger partial charge in [-0.25, -0.2) is 0 Å². The molecule has 1 fully saturated rings. The molecular formula is C16H21O2S+. The van der Waals surface area contributed by atoms with E-state index in [1.54, 1.807) is 14.2 Å². The summed E-state index contributed by atoms with van der Waals surface area (Å²) in [5, 5.41) is 2.79. The van der Waals surface area contributed by atoms with Crippen molar-refractivity contribution < 1.29 is 9.47 Å². The molecule has 2 aromatic carbocycles. The van der Waals surface area contributed by atoms with Crippen LogP contribution in [0.15, 0.2) is 47.4 Å². The maximum absolute atomic E-state index is 5.44.